The third-order valence-corrected chi connectivity index (χ3v) is 4.34. The van der Waals surface area contributed by atoms with Gasteiger partial charge in [-0.2, -0.15) is 0 Å². The topological polar surface area (TPSA) is 38.5 Å². The van der Waals surface area contributed by atoms with E-state index < -0.39 is 0 Å². The van der Waals surface area contributed by atoms with Gasteiger partial charge in [0.15, 0.2) is 0 Å². The first kappa shape index (κ1) is 15.7. The van der Waals surface area contributed by atoms with Crippen molar-refractivity contribution in [2.45, 2.75) is 18.0 Å². The molecule has 0 saturated carbocycles. The molecule has 0 aromatic heterocycles. The third kappa shape index (κ3) is 3.71. The number of ether oxygens (including phenoxy) is 1. The maximum absolute atomic E-state index is 5.94. The van der Waals surface area contributed by atoms with E-state index in [0.717, 1.165) is 12.3 Å². The van der Waals surface area contributed by atoms with Crippen LogP contribution in [0.5, 0.6) is 5.75 Å². The molecule has 4 heteroatoms. The van der Waals surface area contributed by atoms with Crippen LogP contribution in [0.4, 0.5) is 5.69 Å². The van der Waals surface area contributed by atoms with E-state index in [9.17, 15) is 0 Å². The summed E-state index contributed by atoms with van der Waals surface area (Å²) in [5.74, 6) is 0.883. The molecule has 0 aliphatic carbocycles. The lowest BCUT2D eigenvalue weighted by molar-refractivity contribution is 0.414. The molecule has 2 aromatic carbocycles. The van der Waals surface area contributed by atoms with Crippen molar-refractivity contribution in [3.8, 4) is 5.75 Å². The zero-order valence-electron chi connectivity index (χ0n) is 12.8. The lowest BCUT2D eigenvalue weighted by Crippen LogP contribution is -2.19. The second-order valence-electron chi connectivity index (χ2n) is 4.87. The Labute approximate surface area is 131 Å². The number of hydrogen-bond acceptors (Lipinski definition) is 4. The van der Waals surface area contributed by atoms with Gasteiger partial charge in [0.2, 0.25) is 0 Å². The van der Waals surface area contributed by atoms with Crippen LogP contribution in [0, 0.1) is 0 Å². The zero-order valence-corrected chi connectivity index (χ0v) is 13.6. The molecule has 2 rings (SSSR count). The van der Waals surface area contributed by atoms with E-state index in [1.165, 1.54) is 21.7 Å². The van der Waals surface area contributed by atoms with Gasteiger partial charge in [0.25, 0.3) is 0 Å². The summed E-state index contributed by atoms with van der Waals surface area (Å²) in [5, 5.41) is 0. The predicted octanol–water partition coefficient (Wildman–Crippen LogP) is 3.51. The number of hydrogen-bond donors (Lipinski definition) is 1. The lowest BCUT2D eigenvalue weighted by atomic mass is 10.1. The Hall–Kier alpha value is -1.65. The van der Waals surface area contributed by atoms with Crippen molar-refractivity contribution in [2.24, 2.45) is 5.73 Å². The summed E-state index contributed by atoms with van der Waals surface area (Å²) in [5.41, 5.74) is 9.59. The highest BCUT2D eigenvalue weighted by Crippen LogP contribution is 2.29. The summed E-state index contributed by atoms with van der Waals surface area (Å²) in [7, 11) is 3.78. The molecule has 0 amide bonds. The highest BCUT2D eigenvalue weighted by Gasteiger charge is 2.10. The molecule has 3 nitrogen and oxygen atoms in total. The van der Waals surface area contributed by atoms with Crippen molar-refractivity contribution >= 4 is 17.4 Å². The van der Waals surface area contributed by atoms with Crippen LogP contribution in [0.25, 0.3) is 0 Å². The van der Waals surface area contributed by atoms with E-state index in [0.29, 0.717) is 6.54 Å². The molecule has 0 heterocycles. The summed E-state index contributed by atoms with van der Waals surface area (Å²) in [6.45, 7) is 1.40. The van der Waals surface area contributed by atoms with Crippen molar-refractivity contribution in [2.75, 3.05) is 25.3 Å². The van der Waals surface area contributed by atoms with Crippen molar-refractivity contribution in [3.63, 3.8) is 0 Å². The Kier molecular flexibility index (Phi) is 5.53. The fourth-order valence-corrected chi connectivity index (χ4v) is 3.05. The molecule has 0 spiro atoms. The molecule has 112 valence electrons. The number of thioether (sulfide) groups is 1. The minimum Gasteiger partial charge on any atom is -0.497 e. The van der Waals surface area contributed by atoms with Crippen LogP contribution in [0.3, 0.4) is 0 Å². The van der Waals surface area contributed by atoms with Gasteiger partial charge in [-0.1, -0.05) is 18.2 Å². The molecule has 2 aromatic rings. The van der Waals surface area contributed by atoms with Crippen LogP contribution < -0.4 is 15.4 Å². The van der Waals surface area contributed by atoms with Crippen LogP contribution >= 0.6 is 11.8 Å². The molecule has 0 aliphatic rings. The normalized spacial score (nSPS) is 10.5. The van der Waals surface area contributed by atoms with Crippen LogP contribution in [0.1, 0.15) is 11.1 Å². The average Bonchev–Trinajstić information content (AvgIpc) is 2.54. The molecule has 0 aliphatic heterocycles. The number of nitrogens with two attached hydrogens (primary N) is 1. The number of anilines is 1. The van der Waals surface area contributed by atoms with Gasteiger partial charge in [0.05, 0.1) is 7.11 Å². The third-order valence-electron chi connectivity index (χ3n) is 3.52. The van der Waals surface area contributed by atoms with Gasteiger partial charge in [0, 0.05) is 36.3 Å². The van der Waals surface area contributed by atoms with Crippen molar-refractivity contribution in [1.29, 1.82) is 0 Å². The first-order valence-electron chi connectivity index (χ1n) is 6.89. The predicted molar refractivity (Wildman–Crippen MR) is 91.2 cm³/mol. The van der Waals surface area contributed by atoms with E-state index in [1.54, 1.807) is 18.9 Å². The Morgan fingerprint density at radius 1 is 1.14 bits per heavy atom. The van der Waals surface area contributed by atoms with Gasteiger partial charge in [-0.3, -0.25) is 0 Å². The Balaban J connectivity index is 2.21. The first-order chi connectivity index (χ1) is 10.2. The van der Waals surface area contributed by atoms with Crippen LogP contribution in [-0.2, 0) is 13.1 Å². The molecule has 0 unspecified atom stereocenters. The number of benzene rings is 2. The first-order valence-corrected chi connectivity index (χ1v) is 8.12. The smallest absolute Gasteiger partial charge is 0.118 e. The van der Waals surface area contributed by atoms with Crippen LogP contribution in [-0.4, -0.2) is 20.4 Å². The molecule has 2 N–H and O–H groups in total. The Bertz CT molecular complexity index is 584. The van der Waals surface area contributed by atoms with Gasteiger partial charge in [-0.25, -0.2) is 0 Å². The van der Waals surface area contributed by atoms with E-state index in [4.69, 9.17) is 10.5 Å². The van der Waals surface area contributed by atoms with Crippen LogP contribution in [0.15, 0.2) is 47.4 Å². The summed E-state index contributed by atoms with van der Waals surface area (Å²) < 4.78 is 5.19. The summed E-state index contributed by atoms with van der Waals surface area (Å²) in [6.07, 6.45) is 2.09. The number of rotatable bonds is 6. The monoisotopic (exact) mass is 302 g/mol. The SMILES string of the molecule is COc1ccc(CN(C)c2cccc(SC)c2CN)cc1. The number of nitrogens with zero attached hydrogens (tertiary/aromatic N) is 1. The lowest BCUT2D eigenvalue weighted by Gasteiger charge is -2.23. The van der Waals surface area contributed by atoms with E-state index in [2.05, 4.69) is 48.5 Å². The highest BCUT2D eigenvalue weighted by atomic mass is 32.2. The van der Waals surface area contributed by atoms with Gasteiger partial charge in [-0.05, 0) is 36.1 Å². The highest BCUT2D eigenvalue weighted by molar-refractivity contribution is 7.98. The molecular formula is C17H22N2OS. The van der Waals surface area contributed by atoms with Crippen LogP contribution in [0.2, 0.25) is 0 Å². The Morgan fingerprint density at radius 3 is 2.43 bits per heavy atom. The number of methoxy groups -OCH3 is 1. The standard InChI is InChI=1S/C17H22N2OS/c1-19(12-13-7-9-14(20-2)10-8-13)16-5-4-6-17(21-3)15(16)11-18/h4-10H,11-12,18H2,1-3H3. The summed E-state index contributed by atoms with van der Waals surface area (Å²) >= 11 is 1.74. The van der Waals surface area contributed by atoms with Gasteiger partial charge < -0.3 is 15.4 Å². The maximum atomic E-state index is 5.94. The van der Waals surface area contributed by atoms with Gasteiger partial charge in [0.1, 0.15) is 5.75 Å². The molecular weight excluding hydrogens is 280 g/mol. The van der Waals surface area contributed by atoms with Gasteiger partial charge >= 0.3 is 0 Å². The Morgan fingerprint density at radius 2 is 1.86 bits per heavy atom. The molecule has 0 fully saturated rings. The second-order valence-corrected chi connectivity index (χ2v) is 5.71. The van der Waals surface area contributed by atoms with Gasteiger partial charge in [-0.15, -0.1) is 11.8 Å². The largest absolute Gasteiger partial charge is 0.497 e. The van der Waals surface area contributed by atoms with E-state index >= 15 is 0 Å². The van der Waals surface area contributed by atoms with Crippen molar-refractivity contribution in [3.05, 3.63) is 53.6 Å². The van der Waals surface area contributed by atoms with Crippen molar-refractivity contribution in [1.82, 2.24) is 0 Å². The van der Waals surface area contributed by atoms with E-state index in [1.807, 2.05) is 12.1 Å². The van der Waals surface area contributed by atoms with Crippen molar-refractivity contribution < 1.29 is 4.74 Å². The molecule has 0 bridgehead atoms. The molecule has 0 saturated heterocycles. The zero-order chi connectivity index (χ0) is 15.2. The second kappa shape index (κ2) is 7.38. The summed E-state index contributed by atoms with van der Waals surface area (Å²) in [4.78, 5) is 3.49. The molecule has 0 atom stereocenters. The average molecular weight is 302 g/mol. The maximum Gasteiger partial charge on any atom is 0.118 e. The minimum absolute atomic E-state index is 0.555. The quantitative estimate of drug-likeness (QED) is 0.829. The van der Waals surface area contributed by atoms with E-state index in [-0.39, 0.29) is 0 Å². The molecule has 0 radical (unpaired) electrons. The fraction of sp³-hybridized carbons (Fsp3) is 0.294. The summed E-state index contributed by atoms with van der Waals surface area (Å²) in [6, 6.07) is 14.5. The fourth-order valence-electron chi connectivity index (χ4n) is 2.40. The molecule has 21 heavy (non-hydrogen) atoms. The minimum atomic E-state index is 0.555.